The molecule has 0 amide bonds. The second kappa shape index (κ2) is 6.20. The highest BCUT2D eigenvalue weighted by atomic mass is 33.1. The van der Waals surface area contributed by atoms with E-state index in [1.54, 1.807) is 33.9 Å². The van der Waals surface area contributed by atoms with Gasteiger partial charge in [-0.25, -0.2) is 0 Å². The van der Waals surface area contributed by atoms with Crippen molar-refractivity contribution < 1.29 is 9.59 Å². The average molecular weight is 313 g/mol. The molecule has 0 spiro atoms. The lowest BCUT2D eigenvalue weighted by Crippen LogP contribution is -2.15. The first kappa shape index (κ1) is 14.0. The number of hydrogen-bond donors (Lipinski definition) is 1. The van der Waals surface area contributed by atoms with Crippen molar-refractivity contribution in [2.24, 2.45) is 0 Å². The van der Waals surface area contributed by atoms with Crippen LogP contribution in [-0.2, 0) is 4.79 Å². The van der Waals surface area contributed by atoms with Crippen molar-refractivity contribution in [2.75, 3.05) is 0 Å². The Morgan fingerprint density at radius 2 is 1.71 bits per heavy atom. The van der Waals surface area contributed by atoms with Crippen LogP contribution in [0.25, 0.3) is 16.8 Å². The van der Waals surface area contributed by atoms with Gasteiger partial charge in [-0.2, -0.15) is 0 Å². The van der Waals surface area contributed by atoms with E-state index in [0.29, 0.717) is 5.56 Å². The molecule has 0 atom stereocenters. The van der Waals surface area contributed by atoms with Gasteiger partial charge >= 0.3 is 0 Å². The molecule has 0 saturated carbocycles. The fraction of sp³-hybridized carbons (Fsp3) is 0. The van der Waals surface area contributed by atoms with Gasteiger partial charge in [-0.1, -0.05) is 30.3 Å². The Bertz CT molecular complexity index is 775. The summed E-state index contributed by atoms with van der Waals surface area (Å²) in [7, 11) is 3.33. The van der Waals surface area contributed by atoms with E-state index in [-0.39, 0.29) is 0 Å². The zero-order valence-electron chi connectivity index (χ0n) is 10.9. The molecule has 1 aliphatic carbocycles. The van der Waals surface area contributed by atoms with Crippen LogP contribution in [0.1, 0.15) is 15.9 Å². The summed E-state index contributed by atoms with van der Waals surface area (Å²) in [6.07, 6.45) is 4.94. The largest absolute Gasteiger partial charge is 0.327 e. The van der Waals surface area contributed by atoms with Gasteiger partial charge in [0.05, 0.1) is 0 Å². The third kappa shape index (κ3) is 3.04. The molecule has 2 aliphatic rings. The molecular formula is C16H11NO2S2. The SMILES string of the molecule is C1=CSSN1.O=C1C=Cc2cc3ccccc3cc2C1=O. The maximum absolute atomic E-state index is 11.7. The summed E-state index contributed by atoms with van der Waals surface area (Å²) >= 11 is 0. The molecule has 1 aliphatic heterocycles. The van der Waals surface area contributed by atoms with Crippen LogP contribution in [-0.4, -0.2) is 11.6 Å². The van der Waals surface area contributed by atoms with E-state index >= 15 is 0 Å². The minimum atomic E-state index is -0.442. The maximum atomic E-state index is 11.7. The Morgan fingerprint density at radius 3 is 2.33 bits per heavy atom. The van der Waals surface area contributed by atoms with Crippen LogP contribution in [0.4, 0.5) is 0 Å². The second-order valence-corrected chi connectivity index (χ2v) is 6.36. The quantitative estimate of drug-likeness (QED) is 0.453. The third-order valence-electron chi connectivity index (χ3n) is 3.09. The molecule has 0 aromatic heterocycles. The zero-order chi connectivity index (χ0) is 14.7. The van der Waals surface area contributed by atoms with Crippen LogP contribution in [0.5, 0.6) is 0 Å². The molecule has 0 bridgehead atoms. The summed E-state index contributed by atoms with van der Waals surface area (Å²) in [5.41, 5.74) is 1.33. The van der Waals surface area contributed by atoms with Crippen LogP contribution in [0, 0.1) is 0 Å². The lowest BCUT2D eigenvalue weighted by atomic mass is 9.92. The van der Waals surface area contributed by atoms with Crippen LogP contribution >= 0.6 is 21.8 Å². The lowest BCUT2D eigenvalue weighted by Gasteiger charge is -2.09. The summed E-state index contributed by atoms with van der Waals surface area (Å²) in [4.78, 5) is 22.9. The number of Topliss-reactive ketones (excluding diaryl/α,β-unsaturated/α-hetero) is 1. The molecule has 104 valence electrons. The van der Waals surface area contributed by atoms with Gasteiger partial charge in [-0.05, 0) is 45.3 Å². The molecule has 2 aromatic carbocycles. The van der Waals surface area contributed by atoms with Crippen LogP contribution in [0.15, 0.2) is 54.1 Å². The Labute approximate surface area is 130 Å². The standard InChI is InChI=1S/C14H8O2.C2H3NS2/c15-13-6-5-11-7-9-3-1-2-4-10(9)8-12(11)14(13)16;1-2-4-5-3-1/h1-8H;1-3H. The van der Waals surface area contributed by atoms with Crippen LogP contribution in [0.3, 0.4) is 0 Å². The minimum Gasteiger partial charge on any atom is -0.327 e. The van der Waals surface area contributed by atoms with Gasteiger partial charge in [-0.15, -0.1) is 0 Å². The smallest absolute Gasteiger partial charge is 0.233 e. The Balaban J connectivity index is 0.000000225. The van der Waals surface area contributed by atoms with Crippen LogP contribution in [0.2, 0.25) is 0 Å². The first-order chi connectivity index (χ1) is 10.3. The number of rotatable bonds is 0. The summed E-state index contributed by atoms with van der Waals surface area (Å²) in [5.74, 6) is -0.856. The molecule has 4 rings (SSSR count). The highest BCUT2D eigenvalue weighted by molar-refractivity contribution is 8.77. The molecule has 3 nitrogen and oxygen atoms in total. The molecule has 5 heteroatoms. The van der Waals surface area contributed by atoms with E-state index in [0.717, 1.165) is 16.3 Å². The van der Waals surface area contributed by atoms with E-state index in [9.17, 15) is 9.59 Å². The Hall–Kier alpha value is -1.98. The van der Waals surface area contributed by atoms with E-state index < -0.39 is 11.6 Å². The number of nitrogens with one attached hydrogen (secondary N) is 1. The van der Waals surface area contributed by atoms with Crippen molar-refractivity contribution in [2.45, 2.75) is 0 Å². The van der Waals surface area contributed by atoms with Gasteiger partial charge in [0.25, 0.3) is 0 Å². The molecule has 0 radical (unpaired) electrons. The number of fused-ring (bicyclic) bond motifs is 2. The Morgan fingerprint density at radius 1 is 0.952 bits per heavy atom. The minimum absolute atomic E-state index is 0.414. The number of carbonyl (C=O) groups excluding carboxylic acids is 2. The fourth-order valence-electron chi connectivity index (χ4n) is 2.11. The molecular weight excluding hydrogens is 302 g/mol. The van der Waals surface area contributed by atoms with Crippen molar-refractivity contribution in [3.63, 3.8) is 0 Å². The highest BCUT2D eigenvalue weighted by Crippen LogP contribution is 2.24. The van der Waals surface area contributed by atoms with Crippen molar-refractivity contribution in [1.82, 2.24) is 4.72 Å². The monoisotopic (exact) mass is 313 g/mol. The average Bonchev–Trinajstić information content (AvgIpc) is 3.09. The first-order valence-corrected chi connectivity index (χ1v) is 8.49. The predicted octanol–water partition coefficient (Wildman–Crippen LogP) is 3.98. The van der Waals surface area contributed by atoms with Crippen molar-refractivity contribution >= 4 is 50.2 Å². The summed E-state index contributed by atoms with van der Waals surface area (Å²) in [5, 5.41) is 4.07. The van der Waals surface area contributed by atoms with Gasteiger partial charge in [0.2, 0.25) is 11.6 Å². The lowest BCUT2D eigenvalue weighted by molar-refractivity contribution is -0.110. The number of hydrogen-bond acceptors (Lipinski definition) is 5. The van der Waals surface area contributed by atoms with Gasteiger partial charge in [-0.3, -0.25) is 9.59 Å². The maximum Gasteiger partial charge on any atom is 0.233 e. The predicted molar refractivity (Wildman–Crippen MR) is 89.8 cm³/mol. The van der Waals surface area contributed by atoms with E-state index in [4.69, 9.17) is 0 Å². The number of ketones is 2. The van der Waals surface area contributed by atoms with Gasteiger partial charge in [0, 0.05) is 28.2 Å². The summed E-state index contributed by atoms with van der Waals surface area (Å²) in [6, 6.07) is 11.5. The van der Waals surface area contributed by atoms with Crippen molar-refractivity contribution in [3.8, 4) is 0 Å². The molecule has 21 heavy (non-hydrogen) atoms. The fourth-order valence-corrected chi connectivity index (χ4v) is 3.22. The molecule has 0 fully saturated rings. The number of benzene rings is 2. The van der Waals surface area contributed by atoms with Crippen molar-refractivity contribution in [3.05, 3.63) is 65.2 Å². The first-order valence-electron chi connectivity index (χ1n) is 6.28. The molecule has 2 aromatic rings. The van der Waals surface area contributed by atoms with Crippen molar-refractivity contribution in [1.29, 1.82) is 0 Å². The topological polar surface area (TPSA) is 46.2 Å². The number of allylic oxidation sites excluding steroid dienone is 1. The van der Waals surface area contributed by atoms with E-state index in [2.05, 4.69) is 4.72 Å². The molecule has 0 unspecified atom stereocenters. The summed E-state index contributed by atoms with van der Waals surface area (Å²) in [6.45, 7) is 0. The van der Waals surface area contributed by atoms with Crippen LogP contribution < -0.4 is 4.72 Å². The second-order valence-electron chi connectivity index (χ2n) is 4.41. The summed E-state index contributed by atoms with van der Waals surface area (Å²) < 4.78 is 2.92. The zero-order valence-corrected chi connectivity index (χ0v) is 12.5. The molecule has 0 saturated heterocycles. The molecule has 1 heterocycles. The highest BCUT2D eigenvalue weighted by Gasteiger charge is 2.20. The third-order valence-corrected chi connectivity index (χ3v) is 4.57. The van der Waals surface area contributed by atoms with Gasteiger partial charge in [0.1, 0.15) is 0 Å². The molecule has 1 N–H and O–H groups in total. The van der Waals surface area contributed by atoms with E-state index in [1.807, 2.05) is 41.9 Å². The normalized spacial score (nSPS) is 15.4. The van der Waals surface area contributed by atoms with Gasteiger partial charge < -0.3 is 4.72 Å². The number of carbonyl (C=O) groups is 2. The van der Waals surface area contributed by atoms with E-state index in [1.165, 1.54) is 6.08 Å². The van der Waals surface area contributed by atoms with Gasteiger partial charge in [0.15, 0.2) is 0 Å². The Kier molecular flexibility index (Phi) is 4.13.